The zero-order valence-electron chi connectivity index (χ0n) is 9.36. The highest BCUT2D eigenvalue weighted by molar-refractivity contribution is 7.91. The van der Waals surface area contributed by atoms with Crippen LogP contribution in [0, 0.1) is 5.92 Å². The van der Waals surface area contributed by atoms with Gasteiger partial charge >= 0.3 is 0 Å². The summed E-state index contributed by atoms with van der Waals surface area (Å²) in [4.78, 5) is 2.33. The molecule has 1 saturated heterocycles. The van der Waals surface area contributed by atoms with Gasteiger partial charge in [0, 0.05) is 19.1 Å². The van der Waals surface area contributed by atoms with E-state index in [-0.39, 0.29) is 0 Å². The molecule has 0 aromatic rings. The first kappa shape index (κ1) is 12.0. The van der Waals surface area contributed by atoms with Gasteiger partial charge in [0.15, 0.2) is 9.84 Å². The zero-order chi connectivity index (χ0) is 10.8. The van der Waals surface area contributed by atoms with Gasteiger partial charge in [-0.1, -0.05) is 20.8 Å². The average molecular weight is 219 g/mol. The minimum atomic E-state index is -2.72. The van der Waals surface area contributed by atoms with Crippen LogP contribution in [0.2, 0.25) is 0 Å². The van der Waals surface area contributed by atoms with Crippen molar-refractivity contribution in [2.45, 2.75) is 33.2 Å². The van der Waals surface area contributed by atoms with Crippen molar-refractivity contribution in [3.05, 3.63) is 0 Å². The lowest BCUT2D eigenvalue weighted by molar-refractivity contribution is 0.162. The topological polar surface area (TPSA) is 37.4 Å². The molecule has 4 heteroatoms. The first-order chi connectivity index (χ1) is 6.46. The van der Waals surface area contributed by atoms with Gasteiger partial charge in [0.1, 0.15) is 0 Å². The summed E-state index contributed by atoms with van der Waals surface area (Å²) >= 11 is 0. The van der Waals surface area contributed by atoms with Crippen molar-refractivity contribution in [1.82, 2.24) is 4.90 Å². The second-order valence-corrected chi connectivity index (χ2v) is 6.71. The van der Waals surface area contributed by atoms with E-state index in [2.05, 4.69) is 25.7 Å². The van der Waals surface area contributed by atoms with Gasteiger partial charge in [-0.15, -0.1) is 0 Å². The van der Waals surface area contributed by atoms with Gasteiger partial charge in [0.2, 0.25) is 0 Å². The van der Waals surface area contributed by atoms with Crippen molar-refractivity contribution in [1.29, 1.82) is 0 Å². The van der Waals surface area contributed by atoms with Gasteiger partial charge in [-0.25, -0.2) is 8.42 Å². The molecule has 0 aromatic heterocycles. The minimum Gasteiger partial charge on any atom is -0.298 e. The molecule has 0 amide bonds. The molecule has 0 bridgehead atoms. The summed E-state index contributed by atoms with van der Waals surface area (Å²) in [6, 6.07) is 0.547. The van der Waals surface area contributed by atoms with Crippen LogP contribution in [0.25, 0.3) is 0 Å². The lowest BCUT2D eigenvalue weighted by Crippen LogP contribution is -2.47. The predicted molar refractivity (Wildman–Crippen MR) is 59.1 cm³/mol. The Labute approximate surface area is 87.4 Å². The van der Waals surface area contributed by atoms with Crippen molar-refractivity contribution in [2.75, 3.05) is 24.6 Å². The molecule has 3 nitrogen and oxygen atoms in total. The highest BCUT2D eigenvalue weighted by atomic mass is 32.2. The molecule has 0 radical (unpaired) electrons. The van der Waals surface area contributed by atoms with Gasteiger partial charge in [0.25, 0.3) is 0 Å². The second kappa shape index (κ2) is 4.62. The van der Waals surface area contributed by atoms with E-state index in [4.69, 9.17) is 0 Å². The number of hydrogen-bond acceptors (Lipinski definition) is 3. The van der Waals surface area contributed by atoms with E-state index in [9.17, 15) is 8.42 Å². The molecular weight excluding hydrogens is 198 g/mol. The molecule has 1 atom stereocenters. The molecule has 0 N–H and O–H groups in total. The third-order valence-corrected chi connectivity index (χ3v) is 4.65. The van der Waals surface area contributed by atoms with Gasteiger partial charge in [-0.2, -0.15) is 0 Å². The Kier molecular flexibility index (Phi) is 3.95. The molecular formula is C10H21NO2S. The Morgan fingerprint density at radius 2 is 1.71 bits per heavy atom. The van der Waals surface area contributed by atoms with Crippen LogP contribution in [0.5, 0.6) is 0 Å². The Balaban J connectivity index is 2.56. The Hall–Kier alpha value is -0.0900. The van der Waals surface area contributed by atoms with Crippen molar-refractivity contribution >= 4 is 9.84 Å². The second-order valence-electron chi connectivity index (χ2n) is 4.41. The number of nitrogens with zero attached hydrogens (tertiary/aromatic N) is 1. The van der Waals surface area contributed by atoms with Gasteiger partial charge in [0.05, 0.1) is 11.5 Å². The summed E-state index contributed by atoms with van der Waals surface area (Å²) in [5.41, 5.74) is 0. The van der Waals surface area contributed by atoms with E-state index in [1.165, 1.54) is 0 Å². The van der Waals surface area contributed by atoms with Crippen LogP contribution in [-0.4, -0.2) is 44.0 Å². The summed E-state index contributed by atoms with van der Waals surface area (Å²) in [6.07, 6.45) is 1.11. The molecule has 0 spiro atoms. The van der Waals surface area contributed by atoms with E-state index in [0.29, 0.717) is 23.5 Å². The molecule has 1 heterocycles. The smallest absolute Gasteiger partial charge is 0.152 e. The molecule has 0 aliphatic carbocycles. The standard InChI is InChI=1S/C10H21NO2S/c1-4-10(9(2)3)11-5-7-14(12,13)8-6-11/h9-10H,4-8H2,1-3H3. The third-order valence-electron chi connectivity index (χ3n) is 3.04. The quantitative estimate of drug-likeness (QED) is 0.714. The fourth-order valence-corrected chi connectivity index (χ4v) is 3.44. The van der Waals surface area contributed by atoms with Crippen LogP contribution in [0.15, 0.2) is 0 Å². The summed E-state index contributed by atoms with van der Waals surface area (Å²) in [7, 11) is -2.72. The fourth-order valence-electron chi connectivity index (χ4n) is 2.21. The maximum atomic E-state index is 11.3. The highest BCUT2D eigenvalue weighted by Gasteiger charge is 2.27. The van der Waals surface area contributed by atoms with Crippen LogP contribution in [0.4, 0.5) is 0 Å². The Morgan fingerprint density at radius 3 is 2.07 bits per heavy atom. The molecule has 1 aliphatic heterocycles. The van der Waals surface area contributed by atoms with E-state index in [1.807, 2.05) is 0 Å². The van der Waals surface area contributed by atoms with Crippen LogP contribution in [-0.2, 0) is 9.84 Å². The largest absolute Gasteiger partial charge is 0.298 e. The normalized spacial score (nSPS) is 25.1. The van der Waals surface area contributed by atoms with Gasteiger partial charge in [-0.3, -0.25) is 4.90 Å². The number of sulfone groups is 1. The third kappa shape index (κ3) is 2.95. The summed E-state index contributed by atoms with van der Waals surface area (Å²) in [5.74, 6) is 1.30. The Morgan fingerprint density at radius 1 is 1.21 bits per heavy atom. The molecule has 84 valence electrons. The lowest BCUT2D eigenvalue weighted by atomic mass is 10.00. The summed E-state index contributed by atoms with van der Waals surface area (Å²) < 4.78 is 22.5. The van der Waals surface area contributed by atoms with E-state index in [1.54, 1.807) is 0 Å². The molecule has 0 saturated carbocycles. The van der Waals surface area contributed by atoms with Crippen LogP contribution >= 0.6 is 0 Å². The van der Waals surface area contributed by atoms with Crippen molar-refractivity contribution in [3.8, 4) is 0 Å². The molecule has 1 rings (SSSR count). The lowest BCUT2D eigenvalue weighted by Gasteiger charge is -2.36. The number of hydrogen-bond donors (Lipinski definition) is 0. The maximum Gasteiger partial charge on any atom is 0.152 e. The predicted octanol–water partition coefficient (Wildman–Crippen LogP) is 1.15. The summed E-state index contributed by atoms with van der Waals surface area (Å²) in [5, 5.41) is 0. The molecule has 1 fully saturated rings. The van der Waals surface area contributed by atoms with E-state index >= 15 is 0 Å². The maximum absolute atomic E-state index is 11.3. The van der Waals surface area contributed by atoms with Gasteiger partial charge < -0.3 is 0 Å². The van der Waals surface area contributed by atoms with Crippen LogP contribution in [0.3, 0.4) is 0 Å². The Bertz CT molecular complexity index is 258. The average Bonchev–Trinajstić information content (AvgIpc) is 2.08. The molecule has 0 aromatic carbocycles. The van der Waals surface area contributed by atoms with Crippen LogP contribution in [0.1, 0.15) is 27.2 Å². The fraction of sp³-hybridized carbons (Fsp3) is 1.00. The number of rotatable bonds is 3. The monoisotopic (exact) mass is 219 g/mol. The molecule has 1 unspecified atom stereocenters. The zero-order valence-corrected chi connectivity index (χ0v) is 10.2. The van der Waals surface area contributed by atoms with Crippen molar-refractivity contribution < 1.29 is 8.42 Å². The van der Waals surface area contributed by atoms with Crippen molar-refractivity contribution in [2.24, 2.45) is 5.92 Å². The highest BCUT2D eigenvalue weighted by Crippen LogP contribution is 2.17. The van der Waals surface area contributed by atoms with Crippen LogP contribution < -0.4 is 0 Å². The summed E-state index contributed by atoms with van der Waals surface area (Å²) in [6.45, 7) is 8.03. The van der Waals surface area contributed by atoms with E-state index in [0.717, 1.165) is 19.5 Å². The molecule has 1 aliphatic rings. The van der Waals surface area contributed by atoms with Crippen molar-refractivity contribution in [3.63, 3.8) is 0 Å². The van der Waals surface area contributed by atoms with Gasteiger partial charge in [-0.05, 0) is 12.3 Å². The SMILES string of the molecule is CCC(C(C)C)N1CCS(=O)(=O)CC1. The van der Waals surface area contributed by atoms with E-state index < -0.39 is 9.84 Å². The first-order valence-corrected chi connectivity index (χ1v) is 7.23. The molecule has 14 heavy (non-hydrogen) atoms. The first-order valence-electron chi connectivity index (χ1n) is 5.40. The minimum absolute atomic E-state index is 0.343.